The first kappa shape index (κ1) is 23.9. The standard InChI is InChI=1S/C14H34N2.2BrH/c1-7-15(5,8-2)13-11-12-14-16(6,9-3)10-4;;/h7-14H2,1-6H3;2*1H/q+2;;/p-2. The monoisotopic (exact) mass is 388 g/mol. The van der Waals surface area contributed by atoms with Crippen molar-refractivity contribution in [2.24, 2.45) is 0 Å². The van der Waals surface area contributed by atoms with Crippen LogP contribution in [0.1, 0.15) is 40.5 Å². The summed E-state index contributed by atoms with van der Waals surface area (Å²) in [6.45, 7) is 17.0. The number of quaternary nitrogens is 2. The second kappa shape index (κ2) is 11.7. The fourth-order valence-corrected chi connectivity index (χ4v) is 2.07. The van der Waals surface area contributed by atoms with E-state index in [1.807, 2.05) is 0 Å². The average Bonchev–Trinajstić information content (AvgIpc) is 2.34. The summed E-state index contributed by atoms with van der Waals surface area (Å²) >= 11 is 0. The number of hydrogen-bond donors (Lipinski definition) is 0. The van der Waals surface area contributed by atoms with E-state index >= 15 is 0 Å². The van der Waals surface area contributed by atoms with Gasteiger partial charge in [-0.2, -0.15) is 0 Å². The van der Waals surface area contributed by atoms with Crippen molar-refractivity contribution in [3.05, 3.63) is 0 Å². The zero-order valence-corrected chi connectivity index (χ0v) is 16.5. The molecule has 0 fully saturated rings. The summed E-state index contributed by atoms with van der Waals surface area (Å²) in [6.07, 6.45) is 2.76. The molecule has 0 unspecified atom stereocenters. The molecule has 0 aromatic heterocycles. The van der Waals surface area contributed by atoms with Crippen molar-refractivity contribution >= 4 is 0 Å². The van der Waals surface area contributed by atoms with E-state index in [0.717, 1.165) is 0 Å². The Balaban J connectivity index is -0.00000112. The summed E-state index contributed by atoms with van der Waals surface area (Å²) in [6, 6.07) is 0. The highest BCUT2D eigenvalue weighted by Crippen LogP contribution is 2.08. The molecule has 0 radical (unpaired) electrons. The molecule has 0 bridgehead atoms. The first-order valence-electron chi connectivity index (χ1n) is 7.12. The lowest BCUT2D eigenvalue weighted by Gasteiger charge is -2.34. The molecular formula is C14H34Br2N2. The lowest BCUT2D eigenvalue weighted by Crippen LogP contribution is -3.00. The van der Waals surface area contributed by atoms with Crippen LogP contribution in [0.5, 0.6) is 0 Å². The lowest BCUT2D eigenvalue weighted by atomic mass is 10.2. The molecule has 4 heteroatoms. The van der Waals surface area contributed by atoms with Crippen LogP contribution in [0.25, 0.3) is 0 Å². The van der Waals surface area contributed by atoms with Gasteiger partial charge >= 0.3 is 0 Å². The highest BCUT2D eigenvalue weighted by atomic mass is 79.9. The molecule has 0 aromatic rings. The predicted molar refractivity (Wildman–Crippen MR) is 73.5 cm³/mol. The van der Waals surface area contributed by atoms with Gasteiger partial charge in [0.25, 0.3) is 0 Å². The average molecular weight is 390 g/mol. The van der Waals surface area contributed by atoms with Crippen molar-refractivity contribution in [3.63, 3.8) is 0 Å². The van der Waals surface area contributed by atoms with Gasteiger partial charge in [-0.05, 0) is 27.7 Å². The highest BCUT2D eigenvalue weighted by molar-refractivity contribution is 4.42. The summed E-state index contributed by atoms with van der Waals surface area (Å²) in [5, 5.41) is 0. The van der Waals surface area contributed by atoms with Crippen LogP contribution in [0, 0.1) is 0 Å². The Kier molecular flexibility index (Phi) is 15.5. The molecule has 0 aliphatic heterocycles. The predicted octanol–water partition coefficient (Wildman–Crippen LogP) is -3.25. The molecular weight excluding hydrogens is 356 g/mol. The molecule has 2 nitrogen and oxygen atoms in total. The summed E-state index contributed by atoms with van der Waals surface area (Å²) < 4.78 is 2.48. The Morgan fingerprint density at radius 2 is 0.778 bits per heavy atom. The maximum Gasteiger partial charge on any atom is 0.0786 e. The van der Waals surface area contributed by atoms with Crippen molar-refractivity contribution in [2.45, 2.75) is 40.5 Å². The maximum atomic E-state index is 2.38. The van der Waals surface area contributed by atoms with Gasteiger partial charge in [0.05, 0.1) is 53.4 Å². The Morgan fingerprint density at radius 3 is 0.944 bits per heavy atom. The van der Waals surface area contributed by atoms with Crippen LogP contribution in [0.3, 0.4) is 0 Å². The van der Waals surface area contributed by atoms with Crippen LogP contribution >= 0.6 is 0 Å². The minimum atomic E-state index is 0. The summed E-state index contributed by atoms with van der Waals surface area (Å²) in [5.74, 6) is 0. The molecule has 0 spiro atoms. The quantitative estimate of drug-likeness (QED) is 0.287. The molecule has 0 rings (SSSR count). The van der Waals surface area contributed by atoms with Crippen molar-refractivity contribution in [3.8, 4) is 0 Å². The second-order valence-electron chi connectivity index (χ2n) is 5.66. The van der Waals surface area contributed by atoms with Gasteiger partial charge in [-0.3, -0.25) is 0 Å². The van der Waals surface area contributed by atoms with Crippen LogP contribution in [0.15, 0.2) is 0 Å². The van der Waals surface area contributed by atoms with Crippen LogP contribution in [-0.4, -0.2) is 62.3 Å². The van der Waals surface area contributed by atoms with Crippen LogP contribution in [-0.2, 0) is 0 Å². The van der Waals surface area contributed by atoms with E-state index in [4.69, 9.17) is 0 Å². The van der Waals surface area contributed by atoms with Crippen molar-refractivity contribution in [1.82, 2.24) is 0 Å². The van der Waals surface area contributed by atoms with E-state index in [1.165, 1.54) is 61.1 Å². The molecule has 114 valence electrons. The Bertz CT molecular complexity index is 159. The Hall–Kier alpha value is 0.880. The molecule has 0 atom stereocenters. The topological polar surface area (TPSA) is 0 Å². The first-order valence-corrected chi connectivity index (χ1v) is 7.12. The highest BCUT2D eigenvalue weighted by Gasteiger charge is 2.18. The third-order valence-corrected chi connectivity index (χ3v) is 4.70. The number of rotatable bonds is 9. The van der Waals surface area contributed by atoms with Crippen molar-refractivity contribution in [1.29, 1.82) is 0 Å². The van der Waals surface area contributed by atoms with Crippen LogP contribution < -0.4 is 34.0 Å². The van der Waals surface area contributed by atoms with E-state index in [2.05, 4.69) is 41.8 Å². The Morgan fingerprint density at radius 1 is 0.556 bits per heavy atom. The molecule has 0 saturated heterocycles. The molecule has 18 heavy (non-hydrogen) atoms. The molecule has 0 aliphatic carbocycles. The third kappa shape index (κ3) is 8.89. The van der Waals surface area contributed by atoms with Crippen molar-refractivity contribution < 1.29 is 42.9 Å². The molecule has 0 heterocycles. The fraction of sp³-hybridized carbons (Fsp3) is 1.00. The number of nitrogens with zero attached hydrogens (tertiary/aromatic N) is 2. The van der Waals surface area contributed by atoms with Crippen molar-refractivity contribution in [2.75, 3.05) is 53.4 Å². The van der Waals surface area contributed by atoms with E-state index in [-0.39, 0.29) is 34.0 Å². The number of halogens is 2. The largest absolute Gasteiger partial charge is 1.00 e. The minimum Gasteiger partial charge on any atom is -1.00 e. The molecule has 0 aliphatic rings. The normalized spacial score (nSPS) is 11.7. The zero-order valence-electron chi connectivity index (χ0n) is 13.3. The summed E-state index contributed by atoms with van der Waals surface area (Å²) in [7, 11) is 4.77. The van der Waals surface area contributed by atoms with Gasteiger partial charge in [0.1, 0.15) is 0 Å². The molecule has 0 N–H and O–H groups in total. The van der Waals surface area contributed by atoms with E-state index in [1.54, 1.807) is 0 Å². The summed E-state index contributed by atoms with van der Waals surface area (Å²) in [5.41, 5.74) is 0. The molecule has 0 aromatic carbocycles. The van der Waals surface area contributed by atoms with Gasteiger partial charge in [0, 0.05) is 12.8 Å². The van der Waals surface area contributed by atoms with Gasteiger partial charge in [0.2, 0.25) is 0 Å². The van der Waals surface area contributed by atoms with Gasteiger partial charge in [-0.15, -0.1) is 0 Å². The second-order valence-corrected chi connectivity index (χ2v) is 5.66. The number of hydrogen-bond acceptors (Lipinski definition) is 0. The van der Waals surface area contributed by atoms with Gasteiger partial charge in [0.15, 0.2) is 0 Å². The van der Waals surface area contributed by atoms with Crippen LogP contribution in [0.4, 0.5) is 0 Å². The minimum absolute atomic E-state index is 0. The van der Waals surface area contributed by atoms with E-state index in [9.17, 15) is 0 Å². The van der Waals surface area contributed by atoms with Gasteiger partial charge in [-0.1, -0.05) is 0 Å². The summed E-state index contributed by atoms with van der Waals surface area (Å²) in [4.78, 5) is 0. The SMILES string of the molecule is CC[N+](C)(CC)CCCC[N+](C)(CC)CC.[Br-].[Br-]. The molecule has 0 amide bonds. The maximum absolute atomic E-state index is 2.38. The molecule has 0 saturated carbocycles. The smallest absolute Gasteiger partial charge is 0.0786 e. The Labute approximate surface area is 136 Å². The fourth-order valence-electron chi connectivity index (χ4n) is 2.07. The van der Waals surface area contributed by atoms with E-state index < -0.39 is 0 Å². The van der Waals surface area contributed by atoms with E-state index in [0.29, 0.717) is 0 Å². The third-order valence-electron chi connectivity index (χ3n) is 4.70. The first-order chi connectivity index (χ1) is 7.45. The number of unbranched alkanes of at least 4 members (excludes halogenated alkanes) is 1. The zero-order chi connectivity index (χ0) is 12.7. The van der Waals surface area contributed by atoms with Gasteiger partial charge in [-0.25, -0.2) is 0 Å². The van der Waals surface area contributed by atoms with Gasteiger partial charge < -0.3 is 42.9 Å². The van der Waals surface area contributed by atoms with Crippen LogP contribution in [0.2, 0.25) is 0 Å². The lowest BCUT2D eigenvalue weighted by molar-refractivity contribution is -0.912.